The first kappa shape index (κ1) is 36.1. The molecule has 1 saturated heterocycles. The lowest BCUT2D eigenvalue weighted by Crippen LogP contribution is -2.49. The first-order valence-corrected chi connectivity index (χ1v) is 18.2. The normalized spacial score (nSPS) is 16.7. The summed E-state index contributed by atoms with van der Waals surface area (Å²) in [5.41, 5.74) is 4.47. The monoisotopic (exact) mass is 688 g/mol. The van der Waals surface area contributed by atoms with Gasteiger partial charge in [-0.3, -0.25) is 19.3 Å². The van der Waals surface area contributed by atoms with Crippen molar-refractivity contribution in [2.75, 3.05) is 51.7 Å². The number of thioether (sulfide) groups is 1. The number of piperidine rings is 1. The highest BCUT2D eigenvalue weighted by Gasteiger charge is 2.30. The van der Waals surface area contributed by atoms with Crippen LogP contribution in [-0.2, 0) is 22.6 Å². The second-order valence-corrected chi connectivity index (χ2v) is 13.6. The Morgan fingerprint density at radius 1 is 0.939 bits per heavy atom. The van der Waals surface area contributed by atoms with Gasteiger partial charge in [-0.2, -0.15) is 11.8 Å². The third kappa shape index (κ3) is 8.69. The molecule has 5 rings (SSSR count). The van der Waals surface area contributed by atoms with Crippen molar-refractivity contribution in [1.82, 2.24) is 15.5 Å². The van der Waals surface area contributed by atoms with Crippen LogP contribution in [0.1, 0.15) is 55.3 Å². The van der Waals surface area contributed by atoms with Gasteiger partial charge in [0.1, 0.15) is 6.04 Å². The van der Waals surface area contributed by atoms with Gasteiger partial charge < -0.3 is 30.2 Å². The lowest BCUT2D eigenvalue weighted by molar-refractivity contribution is -0.123. The lowest BCUT2D eigenvalue weighted by atomic mass is 9.95. The fourth-order valence-electron chi connectivity index (χ4n) is 6.90. The van der Waals surface area contributed by atoms with E-state index in [1.807, 2.05) is 24.5 Å². The number of methoxy groups -OCH3 is 3. The topological polar surface area (TPSA) is 118 Å². The molecule has 2 atom stereocenters. The Balaban J connectivity index is 1.43. The molecule has 2 aliphatic rings. The minimum absolute atomic E-state index is 0.0714. The van der Waals surface area contributed by atoms with Gasteiger partial charge in [-0.25, -0.2) is 0 Å². The van der Waals surface area contributed by atoms with Crippen molar-refractivity contribution in [2.45, 2.75) is 63.7 Å². The number of rotatable bonds is 13. The molecule has 3 aromatic rings. The molecule has 2 amide bonds. The maximum atomic E-state index is 13.9. The molecule has 3 N–H and O–H groups in total. The minimum atomic E-state index is -0.595. The smallest absolute Gasteiger partial charge is 0.242 e. The van der Waals surface area contributed by atoms with Crippen LogP contribution in [0.15, 0.2) is 59.4 Å². The van der Waals surface area contributed by atoms with Gasteiger partial charge in [0, 0.05) is 38.2 Å². The number of carbonyl (C=O) groups excluding carboxylic acids is 2. The van der Waals surface area contributed by atoms with Crippen molar-refractivity contribution in [1.29, 1.82) is 0 Å². The van der Waals surface area contributed by atoms with E-state index in [4.69, 9.17) is 14.2 Å². The molecule has 262 valence electrons. The Labute approximate surface area is 293 Å². The summed E-state index contributed by atoms with van der Waals surface area (Å²) in [6.07, 6.45) is 5.47. The molecule has 11 heteroatoms. The number of nitrogens with zero attached hydrogens (tertiary/aromatic N) is 1. The molecule has 3 aromatic carbocycles. The molecule has 0 unspecified atom stereocenters. The summed E-state index contributed by atoms with van der Waals surface area (Å²) in [5.74, 6) is 1.92. The van der Waals surface area contributed by atoms with Gasteiger partial charge in [-0.15, -0.1) is 0 Å². The second-order valence-electron chi connectivity index (χ2n) is 12.6. The van der Waals surface area contributed by atoms with E-state index in [0.717, 1.165) is 54.9 Å². The number of likely N-dealkylation sites (tertiary alicyclic amines) is 1. The predicted octanol–water partition coefficient (Wildman–Crippen LogP) is 5.18. The number of nitrogens with one attached hydrogen (secondary N) is 3. The summed E-state index contributed by atoms with van der Waals surface area (Å²) in [6, 6.07) is 16.6. The van der Waals surface area contributed by atoms with Crippen LogP contribution >= 0.6 is 11.8 Å². The molecule has 0 aromatic heterocycles. The highest BCUT2D eigenvalue weighted by molar-refractivity contribution is 7.98. The Kier molecular flexibility index (Phi) is 12.5. The van der Waals surface area contributed by atoms with E-state index in [1.54, 1.807) is 45.2 Å². The Bertz CT molecular complexity index is 1680. The van der Waals surface area contributed by atoms with Gasteiger partial charge in [-0.1, -0.05) is 36.4 Å². The molecule has 1 aliphatic heterocycles. The van der Waals surface area contributed by atoms with E-state index in [-0.39, 0.29) is 23.3 Å². The first-order valence-electron chi connectivity index (χ1n) is 16.9. The van der Waals surface area contributed by atoms with E-state index in [9.17, 15) is 14.4 Å². The number of amides is 2. The number of anilines is 1. The van der Waals surface area contributed by atoms with E-state index < -0.39 is 12.1 Å². The van der Waals surface area contributed by atoms with Crippen LogP contribution in [0.5, 0.6) is 17.2 Å². The van der Waals surface area contributed by atoms with Crippen molar-refractivity contribution >= 4 is 29.3 Å². The molecule has 1 heterocycles. The summed E-state index contributed by atoms with van der Waals surface area (Å²) >= 11 is 1.66. The maximum absolute atomic E-state index is 13.9. The summed E-state index contributed by atoms with van der Waals surface area (Å²) in [6.45, 7) is 4.19. The minimum Gasteiger partial charge on any atom is -0.493 e. The third-order valence-electron chi connectivity index (χ3n) is 9.36. The number of ether oxygens (including phenoxy) is 3. The maximum Gasteiger partial charge on any atom is 0.242 e. The molecule has 10 nitrogen and oxygen atoms in total. The molecule has 1 fully saturated rings. The molecular weight excluding hydrogens is 641 g/mol. The van der Waals surface area contributed by atoms with Crippen molar-refractivity contribution in [3.63, 3.8) is 0 Å². The van der Waals surface area contributed by atoms with Crippen molar-refractivity contribution in [2.24, 2.45) is 0 Å². The largest absolute Gasteiger partial charge is 0.493 e. The van der Waals surface area contributed by atoms with Crippen LogP contribution in [0.3, 0.4) is 0 Å². The third-order valence-corrected chi connectivity index (χ3v) is 10.00. The van der Waals surface area contributed by atoms with E-state index in [2.05, 4.69) is 45.1 Å². The average Bonchev–Trinajstić information content (AvgIpc) is 3.34. The van der Waals surface area contributed by atoms with Gasteiger partial charge in [0.25, 0.3) is 0 Å². The number of aryl methyl sites for hydroxylation is 1. The van der Waals surface area contributed by atoms with Crippen molar-refractivity contribution in [3.05, 3.63) is 81.5 Å². The molecule has 0 spiro atoms. The van der Waals surface area contributed by atoms with Crippen LogP contribution in [0, 0.1) is 0 Å². The van der Waals surface area contributed by atoms with E-state index >= 15 is 0 Å². The highest BCUT2D eigenvalue weighted by Crippen LogP contribution is 2.50. The second kappa shape index (κ2) is 16.9. The standard InChI is InChI=1S/C38H48N4O6S/c1-24(43)39-30-13-11-26-21-34(46-2)36(47-3)37(48-4)35(26)28-12-14-31(33(44)22-29(28)30)41-32(17-20-49-5)38(45)40-27-15-18-42(19-16-27)23-25-9-7-6-8-10-25/h6-10,12,14,21-22,27,30,32H,11,13,15-20,23H2,1-5H3,(H,39,43)(H,40,45)(H,41,44)/t30-,32-/m0/s1. The Morgan fingerprint density at radius 2 is 1.67 bits per heavy atom. The van der Waals surface area contributed by atoms with E-state index in [1.165, 1.54) is 12.5 Å². The number of benzene rings is 2. The van der Waals surface area contributed by atoms with Gasteiger partial charge in [-0.05, 0) is 84.6 Å². The van der Waals surface area contributed by atoms with E-state index in [0.29, 0.717) is 47.8 Å². The Hall–Kier alpha value is -4.22. The molecule has 0 radical (unpaired) electrons. The van der Waals surface area contributed by atoms with Gasteiger partial charge >= 0.3 is 0 Å². The summed E-state index contributed by atoms with van der Waals surface area (Å²) in [7, 11) is 4.71. The van der Waals surface area contributed by atoms with Gasteiger partial charge in [0.15, 0.2) is 11.5 Å². The quantitative estimate of drug-likeness (QED) is 0.223. The number of fused-ring (bicyclic) bond motifs is 3. The molecule has 0 bridgehead atoms. The summed E-state index contributed by atoms with van der Waals surface area (Å²) in [4.78, 5) is 42.4. The van der Waals surface area contributed by atoms with Crippen LogP contribution < -0.4 is 35.6 Å². The lowest BCUT2D eigenvalue weighted by Gasteiger charge is -2.33. The number of hydrogen-bond acceptors (Lipinski definition) is 9. The summed E-state index contributed by atoms with van der Waals surface area (Å²) in [5, 5.41) is 9.63. The number of carbonyl (C=O) groups is 2. The SMILES string of the molecule is COc1cc2c(c(OC)c1OC)-c1ccc(N[C@@H](CCSC)C(=O)NC3CCN(Cc4ccccc4)CC3)c(=O)cc1[C@@H](NC(C)=O)CC2. The zero-order chi connectivity index (χ0) is 34.9. The Morgan fingerprint density at radius 3 is 2.33 bits per heavy atom. The zero-order valence-corrected chi connectivity index (χ0v) is 29.9. The van der Waals surface area contributed by atoms with Crippen molar-refractivity contribution in [3.8, 4) is 28.4 Å². The van der Waals surface area contributed by atoms with Crippen LogP contribution in [-0.4, -0.2) is 75.2 Å². The van der Waals surface area contributed by atoms with Gasteiger partial charge in [0.2, 0.25) is 23.0 Å². The molecule has 1 aliphatic carbocycles. The molecule has 49 heavy (non-hydrogen) atoms. The first-order chi connectivity index (χ1) is 23.8. The fraction of sp³-hybridized carbons (Fsp3) is 0.447. The predicted molar refractivity (Wildman–Crippen MR) is 196 cm³/mol. The summed E-state index contributed by atoms with van der Waals surface area (Å²) < 4.78 is 17.2. The van der Waals surface area contributed by atoms with Crippen LogP contribution in [0.2, 0.25) is 0 Å². The highest BCUT2D eigenvalue weighted by atomic mass is 32.2. The number of hydrogen-bond donors (Lipinski definition) is 3. The fourth-order valence-corrected chi connectivity index (χ4v) is 7.37. The van der Waals surface area contributed by atoms with Crippen LogP contribution in [0.25, 0.3) is 11.1 Å². The average molecular weight is 689 g/mol. The van der Waals surface area contributed by atoms with Crippen LogP contribution in [0.4, 0.5) is 5.69 Å². The zero-order valence-electron chi connectivity index (χ0n) is 29.1. The molecular formula is C38H48N4O6S. The van der Waals surface area contributed by atoms with Crippen molar-refractivity contribution < 1.29 is 23.8 Å². The molecule has 0 saturated carbocycles. The van der Waals surface area contributed by atoms with Gasteiger partial charge in [0.05, 0.1) is 33.1 Å².